The van der Waals surface area contributed by atoms with Crippen LogP contribution in [0.5, 0.6) is 5.75 Å². The molecule has 0 atom stereocenters. The van der Waals surface area contributed by atoms with Crippen molar-refractivity contribution in [1.82, 2.24) is 14.8 Å². The van der Waals surface area contributed by atoms with Crippen molar-refractivity contribution >= 4 is 48.6 Å². The molecule has 3 fully saturated rings. The van der Waals surface area contributed by atoms with E-state index < -0.39 is 31.6 Å². The first-order chi connectivity index (χ1) is 23.2. The van der Waals surface area contributed by atoms with Gasteiger partial charge in [0.25, 0.3) is 0 Å². The molecule has 0 bridgehead atoms. The summed E-state index contributed by atoms with van der Waals surface area (Å²) >= 11 is 0. The van der Waals surface area contributed by atoms with Gasteiger partial charge in [-0.15, -0.1) is 0 Å². The molecule has 2 amide bonds. The van der Waals surface area contributed by atoms with Gasteiger partial charge < -0.3 is 24.8 Å². The number of fused-ring (bicyclic) bond motifs is 2. The Balaban J connectivity index is 1.05. The van der Waals surface area contributed by atoms with Crippen molar-refractivity contribution in [3.05, 3.63) is 41.6 Å². The van der Waals surface area contributed by atoms with E-state index in [4.69, 9.17) is 4.74 Å². The summed E-state index contributed by atoms with van der Waals surface area (Å²) in [6.07, 6.45) is 1.44. The third-order valence-electron chi connectivity index (χ3n) is 9.87. The van der Waals surface area contributed by atoms with E-state index >= 15 is 0 Å². The van der Waals surface area contributed by atoms with E-state index in [1.54, 1.807) is 17.2 Å². The average molecular weight is 727 g/mol. The number of alkyl halides is 3. The normalized spacial score (nSPS) is 20.7. The molecule has 0 saturated carbocycles. The highest BCUT2D eigenvalue weighted by atomic mass is 32.2. The number of halogens is 3. The molecule has 49 heavy (non-hydrogen) atoms. The van der Waals surface area contributed by atoms with Crippen LogP contribution in [0.4, 0.5) is 30.4 Å². The maximum atomic E-state index is 12.9. The summed E-state index contributed by atoms with van der Waals surface area (Å²) in [5.41, 5.74) is 3.53. The van der Waals surface area contributed by atoms with Crippen molar-refractivity contribution in [2.24, 2.45) is 4.36 Å². The van der Waals surface area contributed by atoms with Crippen LogP contribution in [0, 0.1) is 0 Å². The van der Waals surface area contributed by atoms with Gasteiger partial charge in [-0.1, -0.05) is 6.07 Å². The summed E-state index contributed by atoms with van der Waals surface area (Å²) in [6.45, 7) is 3.75. The highest BCUT2D eigenvalue weighted by Crippen LogP contribution is 2.40. The number of benzene rings is 1. The molecule has 1 aromatic carbocycles. The number of likely N-dealkylation sites (tertiary alicyclic amines) is 2. The van der Waals surface area contributed by atoms with Crippen LogP contribution in [0.2, 0.25) is 0 Å². The zero-order valence-electron chi connectivity index (χ0n) is 27.3. The minimum absolute atomic E-state index is 0.0403. The van der Waals surface area contributed by atoms with Crippen LogP contribution in [0.3, 0.4) is 0 Å². The second kappa shape index (κ2) is 14.1. The molecular formula is C32H41F3N6O6S2. The molecule has 1 aromatic heterocycles. The molecule has 12 nitrogen and oxygen atoms in total. The first-order valence-electron chi connectivity index (χ1n) is 16.5. The van der Waals surface area contributed by atoms with Crippen LogP contribution in [-0.2, 0) is 35.8 Å². The van der Waals surface area contributed by atoms with Crippen LogP contribution >= 0.6 is 0 Å². The fraction of sp³-hybridized carbons (Fsp3) is 0.594. The second-order valence-corrected chi connectivity index (χ2v) is 18.0. The zero-order chi connectivity index (χ0) is 35.0. The monoisotopic (exact) mass is 726 g/mol. The maximum Gasteiger partial charge on any atom is 0.474 e. The Morgan fingerprint density at radius 2 is 1.73 bits per heavy atom. The molecule has 1 N–H and O–H groups in total. The Bertz CT molecular complexity index is 1800. The molecule has 0 aliphatic carbocycles. The number of aromatic nitrogens is 1. The molecule has 4 aliphatic heterocycles. The Hall–Kier alpha value is -3.44. The Labute approximate surface area is 284 Å². The number of hydrogen-bond donors (Lipinski definition) is 1. The number of carbonyl (C=O) groups excluding carboxylic acids is 2. The van der Waals surface area contributed by atoms with Crippen LogP contribution in [0.15, 0.2) is 34.8 Å². The number of amides is 2. The lowest BCUT2D eigenvalue weighted by atomic mass is 9.87. The van der Waals surface area contributed by atoms with Crippen molar-refractivity contribution < 1.29 is 40.1 Å². The molecule has 6 rings (SSSR count). The fourth-order valence-electron chi connectivity index (χ4n) is 7.09. The SMILES string of the molecule is CS(=O)(=O)CCC(=O)N1CCC(N2CCC(c3ccc4c(c3)Nc3nccc(N5CCS(=O)(=NC(=O)C(F)(F)F)CC5)c3CO4)CC2)CC1. The Kier molecular flexibility index (Phi) is 10.2. The van der Waals surface area contributed by atoms with E-state index in [-0.39, 0.29) is 49.3 Å². The standard InChI is InChI=1S/C32H41F3N6O6S2/c1-48(44,45)17-9-29(42)41-13-7-24(8-14-41)39-11-5-22(6-12-39)23-2-3-28-26(20-23)37-30-25(21-47-28)27(4-10-36-30)40-15-18-49(46,19-16-40)38-31(43)32(33,34)35/h2-4,10,20,22,24H,5-9,11-19,21H2,1H3,(H,36,37). The lowest BCUT2D eigenvalue weighted by Gasteiger charge is -2.42. The third kappa shape index (κ3) is 8.48. The van der Waals surface area contributed by atoms with E-state index in [0.717, 1.165) is 62.0 Å². The lowest BCUT2D eigenvalue weighted by molar-refractivity contribution is -0.169. The number of nitrogens with zero attached hydrogens (tertiary/aromatic N) is 5. The van der Waals surface area contributed by atoms with Gasteiger partial charge in [0.2, 0.25) is 5.91 Å². The van der Waals surface area contributed by atoms with Crippen LogP contribution in [0.1, 0.15) is 49.1 Å². The highest BCUT2D eigenvalue weighted by Gasteiger charge is 2.40. The second-order valence-electron chi connectivity index (χ2n) is 13.2. The predicted octanol–water partition coefficient (Wildman–Crippen LogP) is 3.70. The van der Waals surface area contributed by atoms with Gasteiger partial charge in [-0.05, 0) is 68.5 Å². The third-order valence-corrected chi connectivity index (χ3v) is 13.0. The Morgan fingerprint density at radius 3 is 2.39 bits per heavy atom. The number of ether oxygens (including phenoxy) is 1. The summed E-state index contributed by atoms with van der Waals surface area (Å²) < 4.78 is 83.1. The van der Waals surface area contributed by atoms with E-state index in [1.807, 2.05) is 11.0 Å². The van der Waals surface area contributed by atoms with Crippen LogP contribution in [0.25, 0.3) is 0 Å². The van der Waals surface area contributed by atoms with Gasteiger partial charge in [0.15, 0.2) is 0 Å². The summed E-state index contributed by atoms with van der Waals surface area (Å²) in [7, 11) is -6.47. The van der Waals surface area contributed by atoms with Gasteiger partial charge in [0.05, 0.1) is 26.7 Å². The van der Waals surface area contributed by atoms with Crippen LogP contribution < -0.4 is 15.0 Å². The quantitative estimate of drug-likeness (QED) is 0.469. The molecule has 5 heterocycles. The van der Waals surface area contributed by atoms with Gasteiger partial charge in [0.1, 0.15) is 28.0 Å². The first kappa shape index (κ1) is 35.4. The highest BCUT2D eigenvalue weighted by molar-refractivity contribution is 7.94. The van der Waals surface area contributed by atoms with Gasteiger partial charge in [-0.2, -0.15) is 17.5 Å². The first-order valence-corrected chi connectivity index (χ1v) is 20.4. The predicted molar refractivity (Wildman–Crippen MR) is 179 cm³/mol. The number of carbonyl (C=O) groups is 2. The number of pyridine rings is 1. The summed E-state index contributed by atoms with van der Waals surface area (Å²) in [5.74, 6) is -1.18. The van der Waals surface area contributed by atoms with Gasteiger partial charge in [-0.3, -0.25) is 9.59 Å². The molecule has 3 saturated heterocycles. The van der Waals surface area contributed by atoms with Crippen molar-refractivity contribution in [3.8, 4) is 5.75 Å². The minimum atomic E-state index is -5.15. The Morgan fingerprint density at radius 1 is 1.04 bits per heavy atom. The lowest BCUT2D eigenvalue weighted by Crippen LogP contribution is -2.49. The summed E-state index contributed by atoms with van der Waals surface area (Å²) in [5, 5.41) is 3.43. The molecule has 17 heteroatoms. The molecule has 4 aliphatic rings. The van der Waals surface area contributed by atoms with Crippen molar-refractivity contribution in [1.29, 1.82) is 0 Å². The molecule has 2 aromatic rings. The van der Waals surface area contributed by atoms with Crippen LogP contribution in [-0.4, -0.2) is 114 Å². The van der Waals surface area contributed by atoms with E-state index in [1.165, 1.54) is 5.56 Å². The van der Waals surface area contributed by atoms with E-state index in [0.29, 0.717) is 36.6 Å². The summed E-state index contributed by atoms with van der Waals surface area (Å²) in [4.78, 5) is 34.6. The van der Waals surface area contributed by atoms with E-state index in [9.17, 15) is 35.4 Å². The number of nitrogens with one attached hydrogen (secondary N) is 1. The fourth-order valence-corrected chi connectivity index (χ4v) is 9.44. The molecule has 0 unspecified atom stereocenters. The average Bonchev–Trinajstić information content (AvgIpc) is 3.26. The topological polar surface area (TPSA) is 142 Å². The minimum Gasteiger partial charge on any atom is -0.487 e. The number of rotatable bonds is 6. The number of sulfone groups is 1. The molecular weight excluding hydrogens is 686 g/mol. The summed E-state index contributed by atoms with van der Waals surface area (Å²) in [6, 6.07) is 8.36. The van der Waals surface area contributed by atoms with Crippen molar-refractivity contribution in [2.45, 2.75) is 56.8 Å². The molecule has 268 valence electrons. The smallest absolute Gasteiger partial charge is 0.474 e. The largest absolute Gasteiger partial charge is 0.487 e. The van der Waals surface area contributed by atoms with Gasteiger partial charge in [0, 0.05) is 68.3 Å². The van der Waals surface area contributed by atoms with E-state index in [2.05, 4.69) is 31.7 Å². The van der Waals surface area contributed by atoms with Gasteiger partial charge >= 0.3 is 12.1 Å². The molecule has 0 spiro atoms. The number of piperidine rings is 2. The number of anilines is 3. The van der Waals surface area contributed by atoms with Crippen molar-refractivity contribution in [3.63, 3.8) is 0 Å². The molecule has 0 radical (unpaired) electrons. The number of hydrogen-bond acceptors (Lipinski definition) is 10. The van der Waals surface area contributed by atoms with Gasteiger partial charge in [-0.25, -0.2) is 17.6 Å². The van der Waals surface area contributed by atoms with Crippen molar-refractivity contribution in [2.75, 3.05) is 73.0 Å². The zero-order valence-corrected chi connectivity index (χ0v) is 28.9. The maximum absolute atomic E-state index is 12.9.